The van der Waals surface area contributed by atoms with Crippen molar-refractivity contribution in [1.29, 1.82) is 0 Å². The zero-order chi connectivity index (χ0) is 11.4. The monoisotopic (exact) mass is 235 g/mol. The highest BCUT2D eigenvalue weighted by Gasteiger charge is 2.07. The molecule has 1 aromatic heterocycles. The van der Waals surface area contributed by atoms with Crippen molar-refractivity contribution in [2.45, 2.75) is 0 Å². The molecule has 0 fully saturated rings. The minimum absolute atomic E-state index is 0.166. The number of aromatic nitrogens is 1. The van der Waals surface area contributed by atoms with E-state index in [1.54, 1.807) is 18.2 Å². The molecule has 4 heteroatoms. The maximum absolute atomic E-state index is 9.69. The van der Waals surface area contributed by atoms with Crippen molar-refractivity contribution >= 4 is 17.7 Å². The molecule has 0 radical (unpaired) electrons. The maximum atomic E-state index is 9.69. The standard InChI is InChI=1S/C12H10ClNO2/c13-6-1-2-9-3-4-11(15)10(8-9)12-5-7-14-16-12/h1-5,7-8,15H,6H2. The second-order valence-corrected chi connectivity index (χ2v) is 3.52. The number of phenols is 1. The van der Waals surface area contributed by atoms with E-state index in [0.717, 1.165) is 5.56 Å². The van der Waals surface area contributed by atoms with Crippen molar-refractivity contribution in [3.05, 3.63) is 42.1 Å². The Kier molecular flexibility index (Phi) is 3.27. The van der Waals surface area contributed by atoms with Gasteiger partial charge in [-0.2, -0.15) is 0 Å². The molecule has 0 aliphatic carbocycles. The third kappa shape index (κ3) is 2.25. The van der Waals surface area contributed by atoms with Gasteiger partial charge in [-0.1, -0.05) is 23.4 Å². The largest absolute Gasteiger partial charge is 0.507 e. The molecule has 0 aliphatic heterocycles. The molecule has 3 nitrogen and oxygen atoms in total. The smallest absolute Gasteiger partial charge is 0.170 e. The quantitative estimate of drug-likeness (QED) is 0.831. The fraction of sp³-hybridized carbons (Fsp3) is 0.0833. The Morgan fingerprint density at radius 3 is 2.94 bits per heavy atom. The summed E-state index contributed by atoms with van der Waals surface area (Å²) < 4.78 is 5.00. The van der Waals surface area contributed by atoms with Gasteiger partial charge in [-0.15, -0.1) is 11.6 Å². The van der Waals surface area contributed by atoms with Gasteiger partial charge in [0.25, 0.3) is 0 Å². The van der Waals surface area contributed by atoms with Crippen LogP contribution < -0.4 is 0 Å². The highest BCUT2D eigenvalue weighted by molar-refractivity contribution is 6.19. The summed E-state index contributed by atoms with van der Waals surface area (Å²) in [4.78, 5) is 0. The number of phenolic OH excluding ortho intramolecular Hbond substituents is 1. The molecular formula is C12H10ClNO2. The highest BCUT2D eigenvalue weighted by Crippen LogP contribution is 2.29. The van der Waals surface area contributed by atoms with E-state index in [4.69, 9.17) is 16.1 Å². The Morgan fingerprint density at radius 2 is 2.25 bits per heavy atom. The van der Waals surface area contributed by atoms with E-state index < -0.39 is 0 Å². The minimum Gasteiger partial charge on any atom is -0.507 e. The fourth-order valence-electron chi connectivity index (χ4n) is 1.39. The first-order valence-electron chi connectivity index (χ1n) is 4.78. The van der Waals surface area contributed by atoms with Gasteiger partial charge in [-0.3, -0.25) is 0 Å². The van der Waals surface area contributed by atoms with Crippen LogP contribution in [0, 0.1) is 0 Å². The summed E-state index contributed by atoms with van der Waals surface area (Å²) in [5, 5.41) is 13.3. The second kappa shape index (κ2) is 4.86. The second-order valence-electron chi connectivity index (χ2n) is 3.21. The first-order valence-corrected chi connectivity index (χ1v) is 5.31. The minimum atomic E-state index is 0.166. The van der Waals surface area contributed by atoms with Gasteiger partial charge in [-0.05, 0) is 17.7 Å². The molecule has 0 atom stereocenters. The summed E-state index contributed by atoms with van der Waals surface area (Å²) in [5.74, 6) is 1.16. The molecule has 1 aromatic carbocycles. The van der Waals surface area contributed by atoms with Crippen LogP contribution in [0.25, 0.3) is 17.4 Å². The lowest BCUT2D eigenvalue weighted by atomic mass is 10.1. The number of hydrogen-bond acceptors (Lipinski definition) is 3. The van der Waals surface area contributed by atoms with Crippen LogP contribution in [-0.4, -0.2) is 16.1 Å². The lowest BCUT2D eigenvalue weighted by molar-refractivity contribution is 0.426. The molecular weight excluding hydrogens is 226 g/mol. The number of allylic oxidation sites excluding steroid dienone is 1. The number of halogens is 1. The van der Waals surface area contributed by atoms with Crippen molar-refractivity contribution in [3.8, 4) is 17.1 Å². The van der Waals surface area contributed by atoms with Crippen LogP contribution in [0.15, 0.2) is 41.1 Å². The number of nitrogens with zero attached hydrogens (tertiary/aromatic N) is 1. The van der Waals surface area contributed by atoms with Crippen molar-refractivity contribution in [2.75, 3.05) is 5.88 Å². The highest BCUT2D eigenvalue weighted by atomic mass is 35.5. The van der Waals surface area contributed by atoms with Gasteiger partial charge in [0.1, 0.15) is 5.75 Å². The zero-order valence-electron chi connectivity index (χ0n) is 8.43. The van der Waals surface area contributed by atoms with Crippen LogP contribution in [0.3, 0.4) is 0 Å². The van der Waals surface area contributed by atoms with Gasteiger partial charge in [-0.25, -0.2) is 0 Å². The number of hydrogen-bond donors (Lipinski definition) is 1. The van der Waals surface area contributed by atoms with Gasteiger partial charge in [0.05, 0.1) is 11.8 Å². The molecule has 2 rings (SSSR count). The molecule has 1 N–H and O–H groups in total. The predicted octanol–water partition coefficient (Wildman–Crippen LogP) is 3.30. The van der Waals surface area contributed by atoms with Gasteiger partial charge in [0, 0.05) is 11.9 Å². The number of aromatic hydroxyl groups is 1. The average molecular weight is 236 g/mol. The molecule has 0 bridgehead atoms. The van der Waals surface area contributed by atoms with Crippen molar-refractivity contribution in [1.82, 2.24) is 5.16 Å². The predicted molar refractivity (Wildman–Crippen MR) is 63.4 cm³/mol. The molecule has 0 saturated carbocycles. The number of benzene rings is 1. The van der Waals surface area contributed by atoms with Crippen LogP contribution in [-0.2, 0) is 0 Å². The van der Waals surface area contributed by atoms with E-state index in [0.29, 0.717) is 17.2 Å². The first kappa shape index (κ1) is 10.8. The topological polar surface area (TPSA) is 46.3 Å². The zero-order valence-corrected chi connectivity index (χ0v) is 9.19. The van der Waals surface area contributed by atoms with Crippen LogP contribution >= 0.6 is 11.6 Å². The van der Waals surface area contributed by atoms with Crippen molar-refractivity contribution in [3.63, 3.8) is 0 Å². The molecule has 0 spiro atoms. The summed E-state index contributed by atoms with van der Waals surface area (Å²) in [6.45, 7) is 0. The van der Waals surface area contributed by atoms with E-state index in [1.165, 1.54) is 6.20 Å². The molecule has 2 aromatic rings. The summed E-state index contributed by atoms with van der Waals surface area (Å²) in [6.07, 6.45) is 5.25. The lowest BCUT2D eigenvalue weighted by Gasteiger charge is -2.01. The van der Waals surface area contributed by atoms with Crippen LogP contribution in [0.2, 0.25) is 0 Å². The van der Waals surface area contributed by atoms with Gasteiger partial charge >= 0.3 is 0 Å². The first-order chi connectivity index (χ1) is 7.81. The van der Waals surface area contributed by atoms with Crippen molar-refractivity contribution < 1.29 is 9.63 Å². The molecule has 0 amide bonds. The molecule has 0 aliphatic rings. The lowest BCUT2D eigenvalue weighted by Crippen LogP contribution is -1.79. The Balaban J connectivity index is 2.41. The Morgan fingerprint density at radius 1 is 1.38 bits per heavy atom. The molecule has 0 saturated heterocycles. The third-order valence-corrected chi connectivity index (χ3v) is 2.30. The Hall–Kier alpha value is -1.74. The van der Waals surface area contributed by atoms with E-state index in [1.807, 2.05) is 18.2 Å². The van der Waals surface area contributed by atoms with Gasteiger partial charge < -0.3 is 9.63 Å². The van der Waals surface area contributed by atoms with E-state index in [2.05, 4.69) is 5.16 Å². The molecule has 1 heterocycles. The Labute approximate surface area is 98.0 Å². The summed E-state index contributed by atoms with van der Waals surface area (Å²) in [6, 6.07) is 6.94. The van der Waals surface area contributed by atoms with Crippen LogP contribution in [0.5, 0.6) is 5.75 Å². The molecule has 82 valence electrons. The Bertz CT molecular complexity index is 492. The fourth-order valence-corrected chi connectivity index (χ4v) is 1.48. The van der Waals surface area contributed by atoms with Gasteiger partial charge in [0.2, 0.25) is 0 Å². The molecule has 16 heavy (non-hydrogen) atoms. The van der Waals surface area contributed by atoms with E-state index in [9.17, 15) is 5.11 Å². The number of rotatable bonds is 3. The normalized spacial score (nSPS) is 11.1. The maximum Gasteiger partial charge on any atom is 0.170 e. The van der Waals surface area contributed by atoms with E-state index >= 15 is 0 Å². The summed E-state index contributed by atoms with van der Waals surface area (Å²) in [7, 11) is 0. The average Bonchev–Trinajstić information content (AvgIpc) is 2.81. The van der Waals surface area contributed by atoms with E-state index in [-0.39, 0.29) is 5.75 Å². The van der Waals surface area contributed by atoms with Crippen molar-refractivity contribution in [2.24, 2.45) is 0 Å². The summed E-state index contributed by atoms with van der Waals surface area (Å²) in [5.41, 5.74) is 1.57. The third-order valence-electron chi connectivity index (χ3n) is 2.12. The number of alkyl halides is 1. The SMILES string of the molecule is Oc1ccc(C=CCCl)cc1-c1ccno1. The van der Waals surface area contributed by atoms with Crippen LogP contribution in [0.1, 0.15) is 5.56 Å². The molecule has 0 unspecified atom stereocenters. The van der Waals surface area contributed by atoms with Gasteiger partial charge in [0.15, 0.2) is 5.76 Å². The summed E-state index contributed by atoms with van der Waals surface area (Å²) >= 11 is 5.56. The van der Waals surface area contributed by atoms with Crippen LogP contribution in [0.4, 0.5) is 0 Å².